The van der Waals surface area contributed by atoms with Gasteiger partial charge in [-0.05, 0) is 96.3 Å². The Balaban J connectivity index is 0.843. The van der Waals surface area contributed by atoms with Crippen LogP contribution < -0.4 is 15.5 Å². The van der Waals surface area contributed by atoms with Crippen LogP contribution in [0.3, 0.4) is 0 Å². The number of pyridine rings is 1. The van der Waals surface area contributed by atoms with Crippen LogP contribution in [0.1, 0.15) is 110 Å². The van der Waals surface area contributed by atoms with Crippen molar-refractivity contribution in [2.24, 2.45) is 0 Å². The molecule has 3 saturated heterocycles. The molecule has 330 valence electrons. The molecule has 2 aromatic heterocycles. The zero-order valence-corrected chi connectivity index (χ0v) is 35.2. The molecular weight excluding hydrogens is 808 g/mol. The van der Waals surface area contributed by atoms with E-state index in [1.54, 1.807) is 38.1 Å². The van der Waals surface area contributed by atoms with Gasteiger partial charge in [-0.1, -0.05) is 12.1 Å². The second kappa shape index (κ2) is 16.4. The number of benzene rings is 2. The smallest absolute Gasteiger partial charge is 0.386 e. The van der Waals surface area contributed by atoms with Gasteiger partial charge < -0.3 is 25.3 Å². The van der Waals surface area contributed by atoms with Crippen molar-refractivity contribution in [2.45, 2.75) is 95.4 Å². The molecule has 0 aliphatic carbocycles. The van der Waals surface area contributed by atoms with Crippen molar-refractivity contribution in [3.63, 3.8) is 0 Å². The first-order chi connectivity index (χ1) is 29.3. The van der Waals surface area contributed by atoms with Crippen LogP contribution in [-0.2, 0) is 21.4 Å². The van der Waals surface area contributed by atoms with Crippen molar-refractivity contribution in [3.05, 3.63) is 82.8 Å². The van der Waals surface area contributed by atoms with E-state index in [2.05, 4.69) is 44.2 Å². The number of halogens is 3. The van der Waals surface area contributed by atoms with E-state index in [-0.39, 0.29) is 36.0 Å². The Morgan fingerprint density at radius 3 is 2.34 bits per heavy atom. The summed E-state index contributed by atoms with van der Waals surface area (Å²) in [6.07, 6.45) is -1.04. The molecule has 4 aliphatic rings. The first kappa shape index (κ1) is 43.2. The molecule has 6 heterocycles. The Labute approximate surface area is 356 Å². The third kappa shape index (κ3) is 8.65. The number of carbonyl (C=O) groups is 4. The number of piperazine rings is 1. The van der Waals surface area contributed by atoms with Gasteiger partial charge in [0.2, 0.25) is 11.8 Å². The van der Waals surface area contributed by atoms with Gasteiger partial charge in [-0.15, -0.1) is 0 Å². The predicted molar refractivity (Wildman–Crippen MR) is 223 cm³/mol. The Bertz CT molecular complexity index is 2400. The molecule has 3 fully saturated rings. The third-order valence-electron chi connectivity index (χ3n) is 12.9. The van der Waals surface area contributed by atoms with Crippen LogP contribution in [0.5, 0.6) is 0 Å². The van der Waals surface area contributed by atoms with E-state index >= 15 is 0 Å². The Morgan fingerprint density at radius 2 is 1.66 bits per heavy atom. The maximum absolute atomic E-state index is 13.5. The second-order valence-electron chi connectivity index (χ2n) is 17.9. The number of amides is 4. The number of nitrogens with one attached hydrogen (secondary N) is 2. The van der Waals surface area contributed by atoms with Crippen molar-refractivity contribution in [3.8, 4) is 0 Å². The number of likely N-dealkylation sites (tertiary alicyclic amines) is 1. The van der Waals surface area contributed by atoms with Crippen molar-refractivity contribution < 1.29 is 42.6 Å². The number of rotatable bonds is 10. The molecule has 2 aromatic carbocycles. The number of imide groups is 1. The average molecular weight is 860 g/mol. The number of aliphatic hydroxyl groups excluding tert-OH is 1. The van der Waals surface area contributed by atoms with E-state index in [0.717, 1.165) is 88.3 Å². The van der Waals surface area contributed by atoms with Gasteiger partial charge in [0.25, 0.3) is 11.8 Å². The van der Waals surface area contributed by atoms with E-state index in [9.17, 15) is 42.6 Å². The molecule has 62 heavy (non-hydrogen) atoms. The van der Waals surface area contributed by atoms with Gasteiger partial charge in [0.15, 0.2) is 6.23 Å². The maximum Gasteiger partial charge on any atom is 0.433 e. The van der Waals surface area contributed by atoms with Gasteiger partial charge in [-0.3, -0.25) is 39.0 Å². The van der Waals surface area contributed by atoms with Crippen LogP contribution >= 0.6 is 0 Å². The molecule has 4 aliphatic heterocycles. The van der Waals surface area contributed by atoms with Crippen LogP contribution in [0.15, 0.2) is 54.7 Å². The Hall–Kier alpha value is -5.43. The highest BCUT2D eigenvalue weighted by Gasteiger charge is 2.45. The molecule has 8 rings (SSSR count). The van der Waals surface area contributed by atoms with Crippen LogP contribution in [0.25, 0.3) is 10.9 Å². The number of piperidine rings is 2. The van der Waals surface area contributed by atoms with Crippen molar-refractivity contribution in [1.29, 1.82) is 0 Å². The Kier molecular flexibility index (Phi) is 11.4. The highest BCUT2D eigenvalue weighted by Crippen LogP contribution is 2.38. The molecule has 4 aromatic rings. The van der Waals surface area contributed by atoms with E-state index < -0.39 is 53.2 Å². The molecule has 0 bridgehead atoms. The number of alkyl halides is 3. The number of hydrogen-bond acceptors (Lipinski definition) is 11. The first-order valence-corrected chi connectivity index (χ1v) is 21.1. The molecule has 0 saturated carbocycles. The molecule has 4 N–H and O–H groups in total. The summed E-state index contributed by atoms with van der Waals surface area (Å²) in [4.78, 5) is 62.6. The third-order valence-corrected chi connectivity index (χ3v) is 12.9. The summed E-state index contributed by atoms with van der Waals surface area (Å²) in [6, 6.07) is 11.2. The van der Waals surface area contributed by atoms with Crippen molar-refractivity contribution in [2.75, 3.05) is 56.0 Å². The zero-order chi connectivity index (χ0) is 44.3. The van der Waals surface area contributed by atoms with Crippen LogP contribution in [-0.4, -0.2) is 121 Å². The molecule has 4 amide bonds. The molecular formula is C44H52F3N9O6. The standard InChI is InChI=1S/C44H52F3N9O6/c1-42(2,54-20-18-53(19-21-54)28-8-9-29-30(23-28)41(61)56(40(29)60)35-10-11-37(57)50-39(35)59)14-17-52-15-12-27(13-16-52)55-25-26-22-34(31(43(3,4)62)24-33(26)51-55)49-38(58)32-6-5-7-36(48-32)44(45,46)47/h5-9,22-25,27,35,40,60,62H,10-21H2,1-4H3,(H,49,58)(H,50,57,59). The summed E-state index contributed by atoms with van der Waals surface area (Å²) in [5.74, 6) is -2.19. The summed E-state index contributed by atoms with van der Waals surface area (Å²) < 4.78 is 41.8. The van der Waals surface area contributed by atoms with Crippen LogP contribution in [0, 0.1) is 0 Å². The van der Waals surface area contributed by atoms with E-state index in [0.29, 0.717) is 22.2 Å². The van der Waals surface area contributed by atoms with Crippen molar-refractivity contribution >= 4 is 45.9 Å². The number of anilines is 2. The minimum Gasteiger partial charge on any atom is -0.386 e. The monoisotopic (exact) mass is 859 g/mol. The number of nitrogens with zero attached hydrogens (tertiary/aromatic N) is 7. The molecule has 0 spiro atoms. The lowest BCUT2D eigenvalue weighted by Gasteiger charge is -2.45. The molecule has 2 unspecified atom stereocenters. The topological polar surface area (TPSA) is 176 Å². The summed E-state index contributed by atoms with van der Waals surface area (Å²) in [7, 11) is 0. The molecule has 0 radical (unpaired) electrons. The number of hydrogen-bond donors (Lipinski definition) is 4. The summed E-state index contributed by atoms with van der Waals surface area (Å²) in [5, 5.41) is 32.5. The summed E-state index contributed by atoms with van der Waals surface area (Å²) >= 11 is 0. The predicted octanol–water partition coefficient (Wildman–Crippen LogP) is 4.81. The van der Waals surface area contributed by atoms with Gasteiger partial charge in [0.1, 0.15) is 17.4 Å². The van der Waals surface area contributed by atoms with Gasteiger partial charge in [0, 0.05) is 90.9 Å². The highest BCUT2D eigenvalue weighted by atomic mass is 19.4. The van der Waals surface area contributed by atoms with Gasteiger partial charge in [-0.2, -0.15) is 18.3 Å². The normalized spacial score (nSPS) is 21.1. The fourth-order valence-electron chi connectivity index (χ4n) is 9.17. The quantitative estimate of drug-likeness (QED) is 0.161. The Morgan fingerprint density at radius 1 is 0.935 bits per heavy atom. The number of carbonyl (C=O) groups excluding carboxylic acids is 4. The van der Waals surface area contributed by atoms with Gasteiger partial charge in [-0.25, -0.2) is 4.98 Å². The minimum atomic E-state index is -4.70. The van der Waals surface area contributed by atoms with E-state index in [1.165, 1.54) is 11.0 Å². The minimum absolute atomic E-state index is 0.0639. The molecule has 2 atom stereocenters. The number of aliphatic hydroxyl groups is 2. The second-order valence-corrected chi connectivity index (χ2v) is 17.9. The van der Waals surface area contributed by atoms with Gasteiger partial charge >= 0.3 is 6.18 Å². The number of fused-ring (bicyclic) bond motifs is 2. The number of aromatic nitrogens is 3. The van der Waals surface area contributed by atoms with Gasteiger partial charge in [0.05, 0.1) is 17.2 Å². The first-order valence-electron chi connectivity index (χ1n) is 21.1. The molecule has 15 nitrogen and oxygen atoms in total. The zero-order valence-electron chi connectivity index (χ0n) is 35.2. The highest BCUT2D eigenvalue weighted by molar-refractivity contribution is 6.06. The molecule has 18 heteroatoms. The maximum atomic E-state index is 13.5. The fraction of sp³-hybridized carbons (Fsp3) is 0.500. The lowest BCUT2D eigenvalue weighted by Crippen LogP contribution is -2.55. The fourth-order valence-corrected chi connectivity index (χ4v) is 9.17. The van der Waals surface area contributed by atoms with E-state index in [1.807, 2.05) is 16.9 Å². The lowest BCUT2D eigenvalue weighted by molar-refractivity contribution is -0.141. The van der Waals surface area contributed by atoms with E-state index in [4.69, 9.17) is 5.10 Å². The summed E-state index contributed by atoms with van der Waals surface area (Å²) in [5.41, 5.74) is -0.0505. The largest absolute Gasteiger partial charge is 0.433 e. The lowest BCUT2D eigenvalue weighted by atomic mass is 9.95. The van der Waals surface area contributed by atoms with Crippen LogP contribution in [0.4, 0.5) is 24.5 Å². The SMILES string of the molecule is CC(C)(O)c1cc2nn(C3CCN(CCC(C)(C)N4CCN(c5ccc6c(c5)C(=O)N(C5CCC(=O)NC5=O)C6O)CC4)CC3)cc2cc1NC(=O)c1cccc(C(F)(F)F)n1. The van der Waals surface area contributed by atoms with Crippen molar-refractivity contribution in [1.82, 2.24) is 34.8 Å². The average Bonchev–Trinajstić information content (AvgIpc) is 3.76. The summed E-state index contributed by atoms with van der Waals surface area (Å²) in [6.45, 7) is 13.6. The van der Waals surface area contributed by atoms with Crippen LogP contribution in [0.2, 0.25) is 0 Å².